The molecule has 25 heavy (non-hydrogen) atoms. The van der Waals surface area contributed by atoms with E-state index in [1.807, 2.05) is 24.3 Å². The van der Waals surface area contributed by atoms with Crippen LogP contribution in [0.1, 0.15) is 40.2 Å². The summed E-state index contributed by atoms with van der Waals surface area (Å²) < 4.78 is 0. The Balaban J connectivity index is 2.31. The second kappa shape index (κ2) is 7.65. The van der Waals surface area contributed by atoms with Gasteiger partial charge in [-0.15, -0.1) is 0 Å². The minimum atomic E-state index is -0.796. The van der Waals surface area contributed by atoms with Crippen molar-refractivity contribution < 1.29 is 9.59 Å². The fraction of sp³-hybridized carbons (Fsp3) is 0.500. The number of carbonyl (C=O) groups is 2. The van der Waals surface area contributed by atoms with Gasteiger partial charge in [0.25, 0.3) is 5.91 Å². The van der Waals surface area contributed by atoms with E-state index < -0.39 is 6.03 Å². The number of nitrogens with one attached hydrogen (secondary N) is 1. The third-order valence-corrected chi connectivity index (χ3v) is 4.32. The SMILES string of the molecule is CC(C)N(C(C)C)C(C)CN1C(=O)/C(=N/NC(N)=O)c2ccccc21. The maximum absolute atomic E-state index is 12.9. The van der Waals surface area contributed by atoms with Crippen LogP contribution in [0, 0.1) is 0 Å². The summed E-state index contributed by atoms with van der Waals surface area (Å²) in [6, 6.07) is 7.55. The Kier molecular flexibility index (Phi) is 5.79. The van der Waals surface area contributed by atoms with E-state index in [1.54, 1.807) is 4.90 Å². The predicted molar refractivity (Wildman–Crippen MR) is 99.6 cm³/mol. The second-order valence-electron chi connectivity index (χ2n) is 6.85. The lowest BCUT2D eigenvalue weighted by Crippen LogP contribution is -2.50. The zero-order valence-corrected chi connectivity index (χ0v) is 15.5. The van der Waals surface area contributed by atoms with Crippen LogP contribution in [-0.4, -0.2) is 47.2 Å². The minimum Gasteiger partial charge on any atom is -0.350 e. The van der Waals surface area contributed by atoms with E-state index in [4.69, 9.17) is 5.73 Å². The number of anilines is 1. The van der Waals surface area contributed by atoms with Gasteiger partial charge < -0.3 is 10.6 Å². The van der Waals surface area contributed by atoms with Crippen molar-refractivity contribution in [1.82, 2.24) is 10.3 Å². The van der Waals surface area contributed by atoms with Gasteiger partial charge >= 0.3 is 6.03 Å². The third-order valence-electron chi connectivity index (χ3n) is 4.32. The molecule has 1 atom stereocenters. The Labute approximate surface area is 148 Å². The van der Waals surface area contributed by atoms with Crippen molar-refractivity contribution in [3.63, 3.8) is 0 Å². The summed E-state index contributed by atoms with van der Waals surface area (Å²) in [5, 5.41) is 3.90. The van der Waals surface area contributed by atoms with Crippen LogP contribution in [0.4, 0.5) is 10.5 Å². The summed E-state index contributed by atoms with van der Waals surface area (Å²) in [6.07, 6.45) is 0. The Morgan fingerprint density at radius 2 is 1.80 bits per heavy atom. The van der Waals surface area contributed by atoms with Crippen molar-refractivity contribution >= 4 is 23.3 Å². The molecule has 3 amide bonds. The van der Waals surface area contributed by atoms with E-state index in [9.17, 15) is 9.59 Å². The highest BCUT2D eigenvalue weighted by Gasteiger charge is 2.36. The number of hydrogen-bond acceptors (Lipinski definition) is 4. The number of nitrogens with two attached hydrogens (primary N) is 1. The molecule has 2 rings (SSSR count). The van der Waals surface area contributed by atoms with Gasteiger partial charge in [0.1, 0.15) is 0 Å². The summed E-state index contributed by atoms with van der Waals surface area (Å²) in [4.78, 5) is 27.9. The van der Waals surface area contributed by atoms with Crippen molar-refractivity contribution in [1.29, 1.82) is 0 Å². The van der Waals surface area contributed by atoms with Gasteiger partial charge in [-0.3, -0.25) is 9.69 Å². The number of para-hydroxylation sites is 1. The monoisotopic (exact) mass is 345 g/mol. The first-order valence-electron chi connectivity index (χ1n) is 8.55. The number of nitrogens with zero attached hydrogens (tertiary/aromatic N) is 3. The maximum atomic E-state index is 12.9. The normalized spacial score (nSPS) is 16.9. The average Bonchev–Trinajstić information content (AvgIpc) is 2.77. The molecule has 0 bridgehead atoms. The Bertz CT molecular complexity index is 676. The van der Waals surface area contributed by atoms with E-state index in [0.29, 0.717) is 24.2 Å². The molecule has 0 spiro atoms. The van der Waals surface area contributed by atoms with Crippen molar-refractivity contribution in [2.24, 2.45) is 10.8 Å². The Morgan fingerprint density at radius 3 is 2.36 bits per heavy atom. The van der Waals surface area contributed by atoms with E-state index in [2.05, 4.69) is 50.0 Å². The molecular weight excluding hydrogens is 318 g/mol. The molecule has 0 saturated carbocycles. The average molecular weight is 345 g/mol. The van der Waals surface area contributed by atoms with Crippen LogP contribution in [0.15, 0.2) is 29.4 Å². The summed E-state index contributed by atoms with van der Waals surface area (Å²) in [7, 11) is 0. The first-order chi connectivity index (χ1) is 11.7. The van der Waals surface area contributed by atoms with Crippen LogP contribution in [-0.2, 0) is 4.79 Å². The molecule has 136 valence electrons. The molecule has 1 heterocycles. The number of hydrazone groups is 1. The van der Waals surface area contributed by atoms with E-state index >= 15 is 0 Å². The molecule has 7 heteroatoms. The van der Waals surface area contributed by atoms with E-state index in [1.165, 1.54) is 0 Å². The smallest absolute Gasteiger partial charge is 0.332 e. The standard InChI is InChI=1S/C18H27N5O2/c1-11(2)23(12(3)4)13(5)10-22-15-9-7-6-8-14(15)16(17(22)24)20-21-18(19)25/h6-9,11-13H,10H2,1-5H3,(H3,19,21,25)/b20-16+. The topological polar surface area (TPSA) is 91.0 Å². The number of carbonyl (C=O) groups excluding carboxylic acids is 2. The van der Waals surface area contributed by atoms with Gasteiger partial charge in [-0.25, -0.2) is 10.2 Å². The molecule has 0 saturated heterocycles. The molecule has 0 fully saturated rings. The highest BCUT2D eigenvalue weighted by molar-refractivity contribution is 6.54. The van der Waals surface area contributed by atoms with E-state index in [-0.39, 0.29) is 17.7 Å². The molecule has 1 aliphatic heterocycles. The number of urea groups is 1. The summed E-state index contributed by atoms with van der Waals surface area (Å²) in [5.74, 6) is -0.228. The van der Waals surface area contributed by atoms with Crippen LogP contribution in [0.2, 0.25) is 0 Å². The molecule has 0 aromatic heterocycles. The zero-order valence-electron chi connectivity index (χ0n) is 15.5. The summed E-state index contributed by atoms with van der Waals surface area (Å²) in [6.45, 7) is 11.3. The molecule has 7 nitrogen and oxygen atoms in total. The first kappa shape index (κ1) is 18.9. The number of fused-ring (bicyclic) bond motifs is 1. The molecule has 3 N–H and O–H groups in total. The summed E-state index contributed by atoms with van der Waals surface area (Å²) in [5.41, 5.74) is 8.95. The van der Waals surface area contributed by atoms with Crippen LogP contribution >= 0.6 is 0 Å². The quantitative estimate of drug-likeness (QED) is 0.772. The molecular formula is C18H27N5O2. The van der Waals surface area contributed by atoms with Crippen LogP contribution in [0.25, 0.3) is 0 Å². The van der Waals surface area contributed by atoms with Gasteiger partial charge in [-0.2, -0.15) is 5.10 Å². The van der Waals surface area contributed by atoms with E-state index in [0.717, 1.165) is 5.69 Å². The van der Waals surface area contributed by atoms with Gasteiger partial charge in [0, 0.05) is 30.2 Å². The number of hydrogen-bond donors (Lipinski definition) is 2. The number of amides is 3. The van der Waals surface area contributed by atoms with Gasteiger partial charge in [-0.1, -0.05) is 18.2 Å². The second-order valence-corrected chi connectivity index (χ2v) is 6.85. The highest BCUT2D eigenvalue weighted by atomic mass is 16.2. The molecule has 1 aromatic rings. The Morgan fingerprint density at radius 1 is 1.20 bits per heavy atom. The van der Waals surface area contributed by atoms with Crippen molar-refractivity contribution in [2.75, 3.05) is 11.4 Å². The lowest BCUT2D eigenvalue weighted by atomic mass is 10.1. The van der Waals surface area contributed by atoms with Gasteiger partial charge in [-0.05, 0) is 40.7 Å². The van der Waals surface area contributed by atoms with Crippen LogP contribution in [0.3, 0.4) is 0 Å². The fourth-order valence-electron chi connectivity index (χ4n) is 3.63. The van der Waals surface area contributed by atoms with Gasteiger partial charge in [0.05, 0.1) is 5.69 Å². The van der Waals surface area contributed by atoms with Crippen molar-refractivity contribution in [3.05, 3.63) is 29.8 Å². The molecule has 0 aliphatic carbocycles. The molecule has 1 aromatic carbocycles. The van der Waals surface area contributed by atoms with Gasteiger partial charge in [0.15, 0.2) is 5.71 Å². The maximum Gasteiger partial charge on any atom is 0.332 e. The molecule has 1 unspecified atom stereocenters. The first-order valence-corrected chi connectivity index (χ1v) is 8.55. The Hall–Kier alpha value is -2.41. The van der Waals surface area contributed by atoms with Gasteiger partial charge in [0.2, 0.25) is 0 Å². The van der Waals surface area contributed by atoms with Crippen molar-refractivity contribution in [3.8, 4) is 0 Å². The molecule has 1 aliphatic rings. The van der Waals surface area contributed by atoms with Crippen LogP contribution < -0.4 is 16.1 Å². The summed E-state index contributed by atoms with van der Waals surface area (Å²) >= 11 is 0. The van der Waals surface area contributed by atoms with Crippen LogP contribution in [0.5, 0.6) is 0 Å². The largest absolute Gasteiger partial charge is 0.350 e. The lowest BCUT2D eigenvalue weighted by Gasteiger charge is -2.38. The molecule has 0 radical (unpaired) electrons. The third kappa shape index (κ3) is 3.99. The lowest BCUT2D eigenvalue weighted by molar-refractivity contribution is -0.112. The highest BCUT2D eigenvalue weighted by Crippen LogP contribution is 2.30. The number of rotatable bonds is 6. The fourth-order valence-corrected chi connectivity index (χ4v) is 3.63. The number of benzene rings is 1. The van der Waals surface area contributed by atoms with Crippen molar-refractivity contribution in [2.45, 2.75) is 52.7 Å². The zero-order chi connectivity index (χ0) is 18.7. The number of primary amides is 1. The predicted octanol–water partition coefficient (Wildman–Crippen LogP) is 1.91. The minimum absolute atomic E-state index is 0.167.